The van der Waals surface area contributed by atoms with Gasteiger partial charge in [0.25, 0.3) is 0 Å². The first-order chi connectivity index (χ1) is 12.7. The number of piperidine rings is 1. The molecule has 0 radical (unpaired) electrons. The van der Waals surface area contributed by atoms with E-state index >= 15 is 0 Å². The highest BCUT2D eigenvalue weighted by Gasteiger charge is 2.39. The summed E-state index contributed by atoms with van der Waals surface area (Å²) in [5.74, 6) is -0.419. The number of rotatable bonds is 6. The Morgan fingerprint density at radius 3 is 2.37 bits per heavy atom. The van der Waals surface area contributed by atoms with Crippen molar-refractivity contribution in [3.05, 3.63) is 35.9 Å². The maximum atomic E-state index is 12.3. The van der Waals surface area contributed by atoms with Crippen LogP contribution in [0.25, 0.3) is 0 Å². The number of benzene rings is 1. The highest BCUT2D eigenvalue weighted by atomic mass is 35.5. The van der Waals surface area contributed by atoms with Crippen molar-refractivity contribution in [3.63, 3.8) is 0 Å². The fourth-order valence-electron chi connectivity index (χ4n) is 3.24. The van der Waals surface area contributed by atoms with Crippen LogP contribution in [0.4, 0.5) is 4.79 Å². The van der Waals surface area contributed by atoms with E-state index in [4.69, 9.17) is 21.1 Å². The SMILES string of the molecule is CC(C)(C)OC(=O)NC1(CC(=O)OCCl)CCN(Cc2ccccc2)CC1. The molecule has 1 heterocycles. The van der Waals surface area contributed by atoms with E-state index in [-0.39, 0.29) is 12.5 Å². The van der Waals surface area contributed by atoms with Crippen molar-refractivity contribution < 1.29 is 19.1 Å². The van der Waals surface area contributed by atoms with Crippen LogP contribution in [0.1, 0.15) is 45.6 Å². The van der Waals surface area contributed by atoms with Gasteiger partial charge in [0.2, 0.25) is 0 Å². The Morgan fingerprint density at radius 2 is 1.81 bits per heavy atom. The fraction of sp³-hybridized carbons (Fsp3) is 0.600. The third-order valence-corrected chi connectivity index (χ3v) is 4.64. The van der Waals surface area contributed by atoms with Gasteiger partial charge in [-0.2, -0.15) is 0 Å². The molecule has 0 unspecified atom stereocenters. The molecule has 150 valence electrons. The van der Waals surface area contributed by atoms with Gasteiger partial charge in [-0.05, 0) is 39.2 Å². The summed E-state index contributed by atoms with van der Waals surface area (Å²) in [6.45, 7) is 7.80. The number of likely N-dealkylation sites (tertiary alicyclic amines) is 1. The first kappa shape index (κ1) is 21.5. The Balaban J connectivity index is 2.01. The average molecular weight is 397 g/mol. The number of amides is 1. The van der Waals surface area contributed by atoms with Crippen molar-refractivity contribution in [1.82, 2.24) is 10.2 Å². The molecule has 2 rings (SSSR count). The Bertz CT molecular complexity index is 623. The number of carbonyl (C=O) groups is 2. The van der Waals surface area contributed by atoms with Gasteiger partial charge in [0.15, 0.2) is 6.07 Å². The van der Waals surface area contributed by atoms with Crippen LogP contribution in [0.5, 0.6) is 0 Å². The van der Waals surface area contributed by atoms with Gasteiger partial charge in [-0.15, -0.1) is 0 Å². The molecule has 6 nitrogen and oxygen atoms in total. The molecule has 1 aromatic carbocycles. The van der Waals surface area contributed by atoms with Crippen LogP contribution in [0.3, 0.4) is 0 Å². The molecule has 7 heteroatoms. The lowest BCUT2D eigenvalue weighted by Crippen LogP contribution is -2.57. The lowest BCUT2D eigenvalue weighted by molar-refractivity contribution is -0.143. The van der Waals surface area contributed by atoms with Crippen LogP contribution in [-0.2, 0) is 20.8 Å². The second-order valence-corrected chi connectivity index (χ2v) is 8.19. The van der Waals surface area contributed by atoms with Crippen LogP contribution in [0.15, 0.2) is 30.3 Å². The van der Waals surface area contributed by atoms with E-state index in [2.05, 4.69) is 22.3 Å². The summed E-state index contributed by atoms with van der Waals surface area (Å²) in [6.07, 6.45) is 0.836. The minimum absolute atomic E-state index is 0.0815. The molecule has 27 heavy (non-hydrogen) atoms. The number of alkyl carbamates (subject to hydrolysis) is 1. The van der Waals surface area contributed by atoms with Gasteiger partial charge in [-0.3, -0.25) is 9.69 Å². The molecular weight excluding hydrogens is 368 g/mol. The molecule has 0 bridgehead atoms. The third-order valence-electron chi connectivity index (χ3n) is 4.53. The second-order valence-electron chi connectivity index (χ2n) is 7.97. The van der Waals surface area contributed by atoms with Gasteiger partial charge in [0.05, 0.1) is 12.0 Å². The summed E-state index contributed by atoms with van der Waals surface area (Å²) in [7, 11) is 0. The number of alkyl halides is 1. The van der Waals surface area contributed by atoms with Crippen molar-refractivity contribution in [3.8, 4) is 0 Å². The van der Waals surface area contributed by atoms with Crippen LogP contribution in [0.2, 0.25) is 0 Å². The van der Waals surface area contributed by atoms with E-state index in [1.807, 2.05) is 39.0 Å². The minimum Gasteiger partial charge on any atom is -0.449 e. The predicted molar refractivity (Wildman–Crippen MR) is 104 cm³/mol. The van der Waals surface area contributed by atoms with Gasteiger partial charge in [-0.25, -0.2) is 4.79 Å². The molecule has 1 aromatic rings. The molecule has 0 atom stereocenters. The second kappa shape index (κ2) is 9.42. The zero-order chi connectivity index (χ0) is 19.9. The summed E-state index contributed by atoms with van der Waals surface area (Å²) < 4.78 is 10.3. The van der Waals surface area contributed by atoms with Crippen molar-refractivity contribution in [2.45, 2.75) is 57.7 Å². The molecule has 1 saturated heterocycles. The Labute approximate surface area is 166 Å². The van der Waals surface area contributed by atoms with Crippen LogP contribution < -0.4 is 5.32 Å². The normalized spacial score (nSPS) is 17.2. The zero-order valence-electron chi connectivity index (χ0n) is 16.3. The standard InChI is InChI=1S/C20H29ClN2O4/c1-19(2,3)27-18(25)22-20(13-17(24)26-15-21)9-11-23(12-10-20)14-16-7-5-4-6-8-16/h4-8H,9-15H2,1-3H3,(H,22,25). The summed E-state index contributed by atoms with van der Waals surface area (Å²) in [5, 5.41) is 2.93. The average Bonchev–Trinajstić information content (AvgIpc) is 2.56. The molecule has 0 spiro atoms. The number of nitrogens with one attached hydrogen (secondary N) is 1. The minimum atomic E-state index is -0.682. The number of hydrogen-bond donors (Lipinski definition) is 1. The van der Waals surface area contributed by atoms with Gasteiger partial charge < -0.3 is 14.8 Å². The van der Waals surface area contributed by atoms with Crippen molar-refractivity contribution in [1.29, 1.82) is 0 Å². The number of ether oxygens (including phenoxy) is 2. The van der Waals surface area contributed by atoms with E-state index in [1.54, 1.807) is 0 Å². The van der Waals surface area contributed by atoms with Crippen molar-refractivity contribution in [2.75, 3.05) is 19.2 Å². The van der Waals surface area contributed by atoms with E-state index in [0.29, 0.717) is 12.8 Å². The molecular formula is C20H29ClN2O4. The molecule has 1 aliphatic rings. The van der Waals surface area contributed by atoms with Crippen LogP contribution >= 0.6 is 11.6 Å². The van der Waals surface area contributed by atoms with Gasteiger partial charge in [0, 0.05) is 19.6 Å². The highest BCUT2D eigenvalue weighted by Crippen LogP contribution is 2.28. The van der Waals surface area contributed by atoms with Gasteiger partial charge in [-0.1, -0.05) is 41.9 Å². The monoisotopic (exact) mass is 396 g/mol. The molecule has 1 N–H and O–H groups in total. The molecule has 0 aromatic heterocycles. The summed E-state index contributed by atoms with van der Waals surface area (Å²) in [4.78, 5) is 26.7. The van der Waals surface area contributed by atoms with E-state index in [9.17, 15) is 9.59 Å². The molecule has 0 aliphatic carbocycles. The predicted octanol–water partition coefficient (Wildman–Crippen LogP) is 3.68. The topological polar surface area (TPSA) is 67.9 Å². The summed E-state index contributed by atoms with van der Waals surface area (Å²) in [6, 6.07) is 10.0. The maximum Gasteiger partial charge on any atom is 0.408 e. The molecule has 1 aliphatic heterocycles. The third kappa shape index (κ3) is 7.39. The lowest BCUT2D eigenvalue weighted by atomic mass is 9.84. The highest BCUT2D eigenvalue weighted by molar-refractivity contribution is 6.17. The Kier molecular flexibility index (Phi) is 7.50. The molecule has 1 amide bonds. The first-order valence-electron chi connectivity index (χ1n) is 9.20. The van der Waals surface area contributed by atoms with E-state index < -0.39 is 23.2 Å². The smallest absolute Gasteiger partial charge is 0.408 e. The number of halogens is 1. The van der Waals surface area contributed by atoms with Crippen LogP contribution in [0, 0.1) is 0 Å². The quantitative estimate of drug-likeness (QED) is 0.586. The van der Waals surface area contributed by atoms with Crippen LogP contribution in [-0.4, -0.2) is 47.3 Å². The van der Waals surface area contributed by atoms with Gasteiger partial charge in [0.1, 0.15) is 5.60 Å². The Morgan fingerprint density at radius 1 is 1.19 bits per heavy atom. The van der Waals surface area contributed by atoms with Crippen molar-refractivity contribution in [2.24, 2.45) is 0 Å². The molecule has 1 fully saturated rings. The Hall–Kier alpha value is -1.79. The number of esters is 1. The molecule has 0 saturated carbocycles. The lowest BCUT2D eigenvalue weighted by Gasteiger charge is -2.42. The number of nitrogens with zero attached hydrogens (tertiary/aromatic N) is 1. The fourth-order valence-corrected chi connectivity index (χ4v) is 3.36. The van der Waals surface area contributed by atoms with Gasteiger partial charge >= 0.3 is 12.1 Å². The maximum absolute atomic E-state index is 12.3. The van der Waals surface area contributed by atoms with Crippen molar-refractivity contribution >= 4 is 23.7 Å². The summed E-state index contributed by atoms with van der Waals surface area (Å²) >= 11 is 5.50. The summed E-state index contributed by atoms with van der Waals surface area (Å²) in [5.41, 5.74) is -0.0409. The largest absolute Gasteiger partial charge is 0.449 e. The number of hydrogen-bond acceptors (Lipinski definition) is 5. The number of carbonyl (C=O) groups excluding carboxylic acids is 2. The zero-order valence-corrected chi connectivity index (χ0v) is 17.1. The first-order valence-corrected chi connectivity index (χ1v) is 9.74. The van der Waals surface area contributed by atoms with E-state index in [0.717, 1.165) is 19.6 Å². The van der Waals surface area contributed by atoms with E-state index in [1.165, 1.54) is 5.56 Å².